The molecule has 0 unspecified atom stereocenters. The zero-order valence-corrected chi connectivity index (χ0v) is 18.4. The second-order valence-electron chi connectivity index (χ2n) is 6.27. The molecule has 1 heterocycles. The van der Waals surface area contributed by atoms with Gasteiger partial charge in [-0.05, 0) is 51.8 Å². The third-order valence-electron chi connectivity index (χ3n) is 4.32. The molecule has 8 heteroatoms. The Kier molecular flexibility index (Phi) is 7.57. The molecule has 0 aliphatic carbocycles. The van der Waals surface area contributed by atoms with Gasteiger partial charge in [0.1, 0.15) is 5.75 Å². The zero-order valence-electron chi connectivity index (χ0n) is 15.3. The number of carbonyl (C=O) groups is 1. The van der Waals surface area contributed by atoms with Crippen LogP contribution in [0.4, 0.5) is 0 Å². The van der Waals surface area contributed by atoms with Gasteiger partial charge in [-0.3, -0.25) is 4.79 Å². The molecule has 0 spiro atoms. The van der Waals surface area contributed by atoms with E-state index in [-0.39, 0.29) is 12.5 Å². The molecule has 1 saturated heterocycles. The molecular formula is C21H17BrCl2N2O3. The van der Waals surface area contributed by atoms with E-state index in [9.17, 15) is 10.1 Å². The van der Waals surface area contributed by atoms with Crippen LogP contribution in [0.3, 0.4) is 0 Å². The Morgan fingerprint density at radius 1 is 1.24 bits per heavy atom. The van der Waals surface area contributed by atoms with Gasteiger partial charge in [0, 0.05) is 23.7 Å². The first-order chi connectivity index (χ1) is 14.0. The molecule has 0 bridgehead atoms. The maximum absolute atomic E-state index is 12.2. The van der Waals surface area contributed by atoms with Crippen molar-refractivity contribution in [1.29, 1.82) is 5.26 Å². The van der Waals surface area contributed by atoms with Crippen LogP contribution in [0.1, 0.15) is 11.1 Å². The predicted molar refractivity (Wildman–Crippen MR) is 117 cm³/mol. The molecule has 0 atom stereocenters. The molecule has 1 amide bonds. The number of morpholine rings is 1. The standard InChI is InChI=1S/C21H17BrCl2N2O3/c22-18-10-14(9-15(12-25)17-3-2-16(23)11-19(17)24)1-4-20(18)29-13-21(27)26-5-7-28-8-6-26/h1-4,9-11H,5-8,13H2/b15-9-. The summed E-state index contributed by atoms with van der Waals surface area (Å²) in [4.78, 5) is 13.9. The summed E-state index contributed by atoms with van der Waals surface area (Å²) in [6, 6.07) is 12.5. The van der Waals surface area contributed by atoms with Gasteiger partial charge in [0.2, 0.25) is 0 Å². The van der Waals surface area contributed by atoms with E-state index in [0.29, 0.717) is 57.7 Å². The number of hydrogen-bond acceptors (Lipinski definition) is 4. The van der Waals surface area contributed by atoms with Gasteiger partial charge in [-0.25, -0.2) is 0 Å². The number of benzene rings is 2. The monoisotopic (exact) mass is 494 g/mol. The van der Waals surface area contributed by atoms with E-state index in [1.54, 1.807) is 41.3 Å². The van der Waals surface area contributed by atoms with E-state index < -0.39 is 0 Å². The molecule has 1 fully saturated rings. The Labute approximate surface area is 187 Å². The summed E-state index contributed by atoms with van der Waals surface area (Å²) in [5.41, 5.74) is 1.80. The molecule has 1 aliphatic rings. The van der Waals surface area contributed by atoms with Crippen molar-refractivity contribution in [3.05, 3.63) is 62.0 Å². The maximum atomic E-state index is 12.2. The Balaban J connectivity index is 1.72. The summed E-state index contributed by atoms with van der Waals surface area (Å²) < 4.78 is 11.6. The number of amides is 1. The molecule has 0 aromatic heterocycles. The predicted octanol–water partition coefficient (Wildman–Crippen LogP) is 5.06. The number of hydrogen-bond donors (Lipinski definition) is 0. The average molecular weight is 496 g/mol. The van der Waals surface area contributed by atoms with Gasteiger partial charge in [0.15, 0.2) is 6.61 Å². The van der Waals surface area contributed by atoms with E-state index in [2.05, 4.69) is 22.0 Å². The third-order valence-corrected chi connectivity index (χ3v) is 5.49. The fourth-order valence-corrected chi connectivity index (χ4v) is 3.83. The van der Waals surface area contributed by atoms with Gasteiger partial charge >= 0.3 is 0 Å². The molecular weight excluding hydrogens is 479 g/mol. The lowest BCUT2D eigenvalue weighted by atomic mass is 10.0. The lowest BCUT2D eigenvalue weighted by molar-refractivity contribution is -0.137. The summed E-state index contributed by atoms with van der Waals surface area (Å²) in [7, 11) is 0. The van der Waals surface area contributed by atoms with Crippen molar-refractivity contribution in [2.24, 2.45) is 0 Å². The van der Waals surface area contributed by atoms with Crippen molar-refractivity contribution < 1.29 is 14.3 Å². The molecule has 1 aliphatic heterocycles. The number of allylic oxidation sites excluding steroid dienone is 1. The van der Waals surface area contributed by atoms with Crippen LogP contribution in [0, 0.1) is 11.3 Å². The van der Waals surface area contributed by atoms with E-state index in [1.807, 2.05) is 6.07 Å². The largest absolute Gasteiger partial charge is 0.483 e. The molecule has 2 aromatic rings. The van der Waals surface area contributed by atoms with Crippen molar-refractivity contribution in [2.75, 3.05) is 32.9 Å². The van der Waals surface area contributed by atoms with Gasteiger partial charge in [-0.1, -0.05) is 35.3 Å². The number of carbonyl (C=O) groups excluding carboxylic acids is 1. The fraction of sp³-hybridized carbons (Fsp3) is 0.238. The van der Waals surface area contributed by atoms with E-state index in [4.69, 9.17) is 32.7 Å². The Bertz CT molecular complexity index is 982. The summed E-state index contributed by atoms with van der Waals surface area (Å²) >= 11 is 15.6. The Morgan fingerprint density at radius 3 is 2.66 bits per heavy atom. The van der Waals surface area contributed by atoms with Crippen LogP contribution < -0.4 is 4.74 Å². The quantitative estimate of drug-likeness (QED) is 0.429. The SMILES string of the molecule is N#C/C(=C/c1ccc(OCC(=O)N2CCOCC2)c(Br)c1)c1ccc(Cl)cc1Cl. The Morgan fingerprint density at radius 2 is 2.00 bits per heavy atom. The summed E-state index contributed by atoms with van der Waals surface area (Å²) in [6.07, 6.45) is 1.72. The van der Waals surface area contributed by atoms with Crippen molar-refractivity contribution in [2.45, 2.75) is 0 Å². The van der Waals surface area contributed by atoms with Crippen molar-refractivity contribution in [3.8, 4) is 11.8 Å². The first kappa shape index (κ1) is 21.7. The molecule has 3 rings (SSSR count). The maximum Gasteiger partial charge on any atom is 0.260 e. The van der Waals surface area contributed by atoms with Gasteiger partial charge in [-0.15, -0.1) is 0 Å². The molecule has 0 saturated carbocycles. The summed E-state index contributed by atoms with van der Waals surface area (Å²) in [6.45, 7) is 2.22. The molecule has 2 aromatic carbocycles. The molecule has 150 valence electrons. The van der Waals surface area contributed by atoms with E-state index in [0.717, 1.165) is 5.56 Å². The van der Waals surface area contributed by atoms with Gasteiger partial charge in [0.05, 0.1) is 34.4 Å². The van der Waals surface area contributed by atoms with Crippen LogP contribution in [0.5, 0.6) is 5.75 Å². The minimum absolute atomic E-state index is 0.0440. The highest BCUT2D eigenvalue weighted by Crippen LogP contribution is 2.31. The number of rotatable bonds is 5. The van der Waals surface area contributed by atoms with E-state index >= 15 is 0 Å². The highest BCUT2D eigenvalue weighted by molar-refractivity contribution is 9.10. The van der Waals surface area contributed by atoms with Crippen molar-refractivity contribution >= 4 is 56.7 Å². The average Bonchev–Trinajstić information content (AvgIpc) is 2.72. The minimum atomic E-state index is -0.0756. The smallest absolute Gasteiger partial charge is 0.260 e. The lowest BCUT2D eigenvalue weighted by Crippen LogP contribution is -2.43. The number of nitriles is 1. The highest BCUT2D eigenvalue weighted by Gasteiger charge is 2.17. The van der Waals surface area contributed by atoms with Crippen LogP contribution in [0.25, 0.3) is 11.6 Å². The van der Waals surface area contributed by atoms with E-state index in [1.165, 1.54) is 0 Å². The van der Waals surface area contributed by atoms with Gasteiger partial charge < -0.3 is 14.4 Å². The van der Waals surface area contributed by atoms with Crippen LogP contribution in [-0.2, 0) is 9.53 Å². The minimum Gasteiger partial charge on any atom is -0.483 e. The van der Waals surface area contributed by atoms with Gasteiger partial charge in [-0.2, -0.15) is 5.26 Å². The molecule has 5 nitrogen and oxygen atoms in total. The molecule has 0 radical (unpaired) electrons. The topological polar surface area (TPSA) is 62.6 Å². The van der Waals surface area contributed by atoms with Crippen LogP contribution in [-0.4, -0.2) is 43.7 Å². The van der Waals surface area contributed by atoms with Gasteiger partial charge in [0.25, 0.3) is 5.91 Å². The van der Waals surface area contributed by atoms with Crippen molar-refractivity contribution in [1.82, 2.24) is 4.90 Å². The fourth-order valence-electron chi connectivity index (χ4n) is 2.81. The molecule has 29 heavy (non-hydrogen) atoms. The van der Waals surface area contributed by atoms with Crippen LogP contribution >= 0.6 is 39.1 Å². The van der Waals surface area contributed by atoms with Crippen molar-refractivity contribution in [3.63, 3.8) is 0 Å². The van der Waals surface area contributed by atoms with Crippen LogP contribution in [0.15, 0.2) is 40.9 Å². The third kappa shape index (κ3) is 5.74. The number of halogens is 3. The summed E-state index contributed by atoms with van der Waals surface area (Å²) in [5, 5.41) is 10.4. The lowest BCUT2D eigenvalue weighted by Gasteiger charge is -2.26. The second-order valence-corrected chi connectivity index (χ2v) is 7.96. The normalized spacial score (nSPS) is 14.4. The van der Waals surface area contributed by atoms with Crippen LogP contribution in [0.2, 0.25) is 10.0 Å². The summed E-state index contributed by atoms with van der Waals surface area (Å²) in [5.74, 6) is 0.472. The highest BCUT2D eigenvalue weighted by atomic mass is 79.9. The first-order valence-electron chi connectivity index (χ1n) is 8.83. The molecule has 0 N–H and O–H groups in total. The first-order valence-corrected chi connectivity index (χ1v) is 10.4. The zero-order chi connectivity index (χ0) is 20.8. The second kappa shape index (κ2) is 10.1. The number of nitrogens with zero attached hydrogens (tertiary/aromatic N) is 2. The number of ether oxygens (including phenoxy) is 2. The Hall–Kier alpha value is -2.04.